The fraction of sp³-hybridized carbons (Fsp3) is 0.625. The van der Waals surface area contributed by atoms with Gasteiger partial charge in [-0.15, -0.1) is 0 Å². The van der Waals surface area contributed by atoms with Crippen molar-refractivity contribution in [2.75, 3.05) is 11.9 Å². The molecule has 1 heterocycles. The molecule has 0 saturated heterocycles. The Kier molecular flexibility index (Phi) is 2.95. The van der Waals surface area contributed by atoms with E-state index in [9.17, 15) is 0 Å². The van der Waals surface area contributed by atoms with Crippen LogP contribution in [0.5, 0.6) is 0 Å². The first-order valence-corrected chi connectivity index (χ1v) is 4.08. The summed E-state index contributed by atoms with van der Waals surface area (Å²) in [4.78, 5) is 7.23. The standard InChI is InChI=1S/C8H15N3/c1-3-4-5-9-8-10-6-7(2)11-8/h6H,3-5H2,1-2H3,(H2,9,10,11). The highest BCUT2D eigenvalue weighted by atomic mass is 15.1. The van der Waals surface area contributed by atoms with Gasteiger partial charge in [0.05, 0.1) is 0 Å². The van der Waals surface area contributed by atoms with Crippen molar-refractivity contribution in [2.45, 2.75) is 26.7 Å². The minimum absolute atomic E-state index is 0.885. The maximum Gasteiger partial charge on any atom is 0.200 e. The van der Waals surface area contributed by atoms with Crippen LogP contribution in [0.25, 0.3) is 0 Å². The minimum Gasteiger partial charge on any atom is -0.356 e. The molecule has 0 radical (unpaired) electrons. The lowest BCUT2D eigenvalue weighted by atomic mass is 10.3. The molecule has 11 heavy (non-hydrogen) atoms. The summed E-state index contributed by atoms with van der Waals surface area (Å²) in [6.45, 7) is 5.18. The smallest absolute Gasteiger partial charge is 0.200 e. The van der Waals surface area contributed by atoms with E-state index in [1.54, 1.807) is 0 Å². The lowest BCUT2D eigenvalue weighted by Crippen LogP contribution is -2.01. The second kappa shape index (κ2) is 4.01. The molecule has 2 N–H and O–H groups in total. The van der Waals surface area contributed by atoms with Gasteiger partial charge in [0, 0.05) is 18.4 Å². The fourth-order valence-electron chi connectivity index (χ4n) is 0.886. The van der Waals surface area contributed by atoms with Gasteiger partial charge in [0.25, 0.3) is 0 Å². The fourth-order valence-corrected chi connectivity index (χ4v) is 0.886. The lowest BCUT2D eigenvalue weighted by molar-refractivity contribution is 0.828. The lowest BCUT2D eigenvalue weighted by Gasteiger charge is -1.99. The highest BCUT2D eigenvalue weighted by molar-refractivity contribution is 5.25. The van der Waals surface area contributed by atoms with Gasteiger partial charge < -0.3 is 10.3 Å². The van der Waals surface area contributed by atoms with Crippen LogP contribution in [-0.2, 0) is 0 Å². The Morgan fingerprint density at radius 1 is 1.64 bits per heavy atom. The van der Waals surface area contributed by atoms with E-state index in [2.05, 4.69) is 22.2 Å². The molecule has 3 nitrogen and oxygen atoms in total. The Hall–Kier alpha value is -0.990. The van der Waals surface area contributed by atoms with Crippen LogP contribution in [0.2, 0.25) is 0 Å². The monoisotopic (exact) mass is 153 g/mol. The number of unbranched alkanes of at least 4 members (excludes halogenated alkanes) is 1. The Bertz CT molecular complexity index is 205. The molecular weight excluding hydrogens is 138 g/mol. The van der Waals surface area contributed by atoms with E-state index in [-0.39, 0.29) is 0 Å². The number of aromatic nitrogens is 2. The predicted octanol–water partition coefficient (Wildman–Crippen LogP) is 1.93. The SMILES string of the molecule is CCCCNc1ncc(C)[nH]1. The van der Waals surface area contributed by atoms with Gasteiger partial charge in [-0.2, -0.15) is 0 Å². The van der Waals surface area contributed by atoms with Crippen LogP contribution in [0.1, 0.15) is 25.5 Å². The molecule has 0 amide bonds. The molecule has 0 saturated carbocycles. The summed E-state index contributed by atoms with van der Waals surface area (Å²) >= 11 is 0. The summed E-state index contributed by atoms with van der Waals surface area (Å²) in [5, 5.41) is 3.20. The topological polar surface area (TPSA) is 40.7 Å². The van der Waals surface area contributed by atoms with Crippen molar-refractivity contribution in [2.24, 2.45) is 0 Å². The molecule has 0 atom stereocenters. The highest BCUT2D eigenvalue weighted by Gasteiger charge is 1.93. The van der Waals surface area contributed by atoms with Gasteiger partial charge in [-0.05, 0) is 13.3 Å². The van der Waals surface area contributed by atoms with Crippen LogP contribution in [0.3, 0.4) is 0 Å². The summed E-state index contributed by atoms with van der Waals surface area (Å²) in [5.74, 6) is 0.885. The molecule has 0 aliphatic carbocycles. The first-order valence-electron chi connectivity index (χ1n) is 4.08. The van der Waals surface area contributed by atoms with E-state index in [0.29, 0.717) is 0 Å². The number of hydrogen-bond donors (Lipinski definition) is 2. The van der Waals surface area contributed by atoms with Crippen molar-refractivity contribution < 1.29 is 0 Å². The van der Waals surface area contributed by atoms with Crippen molar-refractivity contribution in [1.82, 2.24) is 9.97 Å². The minimum atomic E-state index is 0.885. The molecule has 1 rings (SSSR count). The zero-order chi connectivity index (χ0) is 8.10. The van der Waals surface area contributed by atoms with Gasteiger partial charge in [-0.1, -0.05) is 13.3 Å². The highest BCUT2D eigenvalue weighted by Crippen LogP contribution is 2.00. The Labute approximate surface area is 67.2 Å². The molecule has 0 unspecified atom stereocenters. The maximum atomic E-state index is 4.12. The van der Waals surface area contributed by atoms with Crippen LogP contribution < -0.4 is 5.32 Å². The maximum absolute atomic E-state index is 4.12. The first kappa shape index (κ1) is 8.11. The summed E-state index contributed by atoms with van der Waals surface area (Å²) in [6, 6.07) is 0. The number of rotatable bonds is 4. The van der Waals surface area contributed by atoms with Gasteiger partial charge in [0.1, 0.15) is 0 Å². The van der Waals surface area contributed by atoms with E-state index in [1.807, 2.05) is 13.1 Å². The summed E-state index contributed by atoms with van der Waals surface area (Å²) in [6.07, 6.45) is 4.24. The molecule has 0 aliphatic heterocycles. The third-order valence-corrected chi connectivity index (χ3v) is 1.53. The number of H-pyrrole nitrogens is 1. The zero-order valence-corrected chi connectivity index (χ0v) is 7.15. The molecule has 1 aromatic heterocycles. The average Bonchev–Trinajstić information content (AvgIpc) is 2.37. The third-order valence-electron chi connectivity index (χ3n) is 1.53. The van der Waals surface area contributed by atoms with Crippen LogP contribution >= 0.6 is 0 Å². The van der Waals surface area contributed by atoms with Crippen molar-refractivity contribution in [3.05, 3.63) is 11.9 Å². The van der Waals surface area contributed by atoms with Crippen molar-refractivity contribution in [1.29, 1.82) is 0 Å². The molecule has 0 aromatic carbocycles. The molecule has 62 valence electrons. The quantitative estimate of drug-likeness (QED) is 0.649. The Morgan fingerprint density at radius 3 is 3.00 bits per heavy atom. The summed E-state index contributed by atoms with van der Waals surface area (Å²) in [7, 11) is 0. The second-order valence-corrected chi connectivity index (χ2v) is 2.70. The largest absolute Gasteiger partial charge is 0.356 e. The van der Waals surface area contributed by atoms with Gasteiger partial charge in [0.2, 0.25) is 0 Å². The molecule has 0 fully saturated rings. The third kappa shape index (κ3) is 2.62. The van der Waals surface area contributed by atoms with Gasteiger partial charge in [-0.3, -0.25) is 0 Å². The van der Waals surface area contributed by atoms with Gasteiger partial charge in [0.15, 0.2) is 5.95 Å². The zero-order valence-electron chi connectivity index (χ0n) is 7.15. The predicted molar refractivity (Wildman–Crippen MR) is 46.7 cm³/mol. The Morgan fingerprint density at radius 2 is 2.45 bits per heavy atom. The second-order valence-electron chi connectivity index (χ2n) is 2.70. The van der Waals surface area contributed by atoms with Crippen LogP contribution in [0, 0.1) is 6.92 Å². The van der Waals surface area contributed by atoms with Crippen molar-refractivity contribution >= 4 is 5.95 Å². The number of nitrogens with one attached hydrogen (secondary N) is 2. The normalized spacial score (nSPS) is 10.0. The van der Waals surface area contributed by atoms with E-state index < -0.39 is 0 Å². The molecule has 1 aromatic rings. The number of hydrogen-bond acceptors (Lipinski definition) is 2. The number of aromatic amines is 1. The number of aryl methyl sites for hydroxylation is 1. The van der Waals surface area contributed by atoms with E-state index >= 15 is 0 Å². The van der Waals surface area contributed by atoms with Crippen molar-refractivity contribution in [3.8, 4) is 0 Å². The molecule has 0 spiro atoms. The molecular formula is C8H15N3. The van der Waals surface area contributed by atoms with Gasteiger partial charge >= 0.3 is 0 Å². The number of imidazole rings is 1. The van der Waals surface area contributed by atoms with E-state index in [1.165, 1.54) is 12.8 Å². The molecule has 0 bridgehead atoms. The number of nitrogens with zero attached hydrogens (tertiary/aromatic N) is 1. The van der Waals surface area contributed by atoms with Crippen LogP contribution in [0.4, 0.5) is 5.95 Å². The molecule has 0 aliphatic rings. The van der Waals surface area contributed by atoms with Gasteiger partial charge in [-0.25, -0.2) is 4.98 Å². The summed E-state index contributed by atoms with van der Waals surface area (Å²) in [5.41, 5.74) is 1.10. The van der Waals surface area contributed by atoms with E-state index in [4.69, 9.17) is 0 Å². The average molecular weight is 153 g/mol. The Balaban J connectivity index is 2.27. The van der Waals surface area contributed by atoms with E-state index in [0.717, 1.165) is 18.2 Å². The summed E-state index contributed by atoms with van der Waals surface area (Å²) < 4.78 is 0. The molecule has 3 heteroatoms. The first-order chi connectivity index (χ1) is 5.33. The number of anilines is 1. The van der Waals surface area contributed by atoms with Crippen LogP contribution in [0.15, 0.2) is 6.20 Å². The van der Waals surface area contributed by atoms with Crippen molar-refractivity contribution in [3.63, 3.8) is 0 Å². The van der Waals surface area contributed by atoms with Crippen LogP contribution in [-0.4, -0.2) is 16.5 Å².